The second kappa shape index (κ2) is 5.76. The van der Waals surface area contributed by atoms with Crippen LogP contribution in [0.4, 0.5) is 0 Å². The van der Waals surface area contributed by atoms with Crippen LogP contribution in [0.5, 0.6) is 11.5 Å². The maximum Gasteiger partial charge on any atom is 0.127 e. The van der Waals surface area contributed by atoms with Gasteiger partial charge in [0.1, 0.15) is 11.5 Å². The molecule has 18 heavy (non-hydrogen) atoms. The average Bonchev–Trinajstić information content (AvgIpc) is 2.93. The molecule has 0 amide bonds. The maximum absolute atomic E-state index is 5.62. The largest absolute Gasteiger partial charge is 0.496 e. The molecule has 0 aliphatic heterocycles. The Morgan fingerprint density at radius 1 is 1.28 bits per heavy atom. The van der Waals surface area contributed by atoms with Crippen molar-refractivity contribution in [3.63, 3.8) is 0 Å². The van der Waals surface area contributed by atoms with E-state index in [2.05, 4.69) is 14.2 Å². The lowest BCUT2D eigenvalue weighted by Gasteiger charge is -2.19. The van der Waals surface area contributed by atoms with Crippen LogP contribution in [-0.2, 0) is 0 Å². The normalized spacial score (nSPS) is 12.2. The molecule has 0 spiro atoms. The zero-order valence-electron chi connectivity index (χ0n) is 10.1. The second-order valence-electron chi connectivity index (χ2n) is 3.51. The third-order valence-electron chi connectivity index (χ3n) is 2.60. The van der Waals surface area contributed by atoms with Crippen molar-refractivity contribution >= 4 is 11.7 Å². The van der Waals surface area contributed by atoms with E-state index < -0.39 is 0 Å². The number of hydrogen-bond acceptors (Lipinski definition) is 7. The first kappa shape index (κ1) is 12.7. The predicted molar refractivity (Wildman–Crippen MR) is 68.6 cm³/mol. The summed E-state index contributed by atoms with van der Waals surface area (Å²) in [7, 11) is 3.20. The van der Waals surface area contributed by atoms with E-state index in [1.54, 1.807) is 20.4 Å². The van der Waals surface area contributed by atoms with E-state index in [4.69, 9.17) is 15.3 Å². The van der Waals surface area contributed by atoms with Crippen LogP contribution in [0.2, 0.25) is 0 Å². The van der Waals surface area contributed by atoms with E-state index in [-0.39, 0.29) is 6.04 Å². The third kappa shape index (κ3) is 2.28. The molecule has 6 nitrogen and oxygen atoms in total. The van der Waals surface area contributed by atoms with Gasteiger partial charge in [-0.15, -0.1) is 0 Å². The molecule has 96 valence electrons. The molecule has 0 radical (unpaired) electrons. The van der Waals surface area contributed by atoms with Crippen molar-refractivity contribution in [3.05, 3.63) is 35.7 Å². The number of ether oxygens (including phenoxy) is 2. The first-order valence-electron chi connectivity index (χ1n) is 5.26. The number of rotatable bonds is 5. The molecule has 0 saturated heterocycles. The van der Waals surface area contributed by atoms with Crippen molar-refractivity contribution in [1.29, 1.82) is 0 Å². The lowest BCUT2D eigenvalue weighted by Crippen LogP contribution is -2.29. The van der Waals surface area contributed by atoms with Crippen LogP contribution >= 0.6 is 11.7 Å². The minimum atomic E-state index is -0.324. The third-order valence-corrected chi connectivity index (χ3v) is 3.09. The molecule has 2 aromatic rings. The zero-order chi connectivity index (χ0) is 13.0. The van der Waals surface area contributed by atoms with Gasteiger partial charge < -0.3 is 9.47 Å². The Hall–Kier alpha value is -1.70. The Labute approximate surface area is 109 Å². The van der Waals surface area contributed by atoms with Gasteiger partial charge in [-0.1, -0.05) is 6.07 Å². The molecule has 0 aliphatic carbocycles. The van der Waals surface area contributed by atoms with Crippen LogP contribution in [-0.4, -0.2) is 23.0 Å². The van der Waals surface area contributed by atoms with Crippen molar-refractivity contribution < 1.29 is 9.47 Å². The smallest absolute Gasteiger partial charge is 0.127 e. The van der Waals surface area contributed by atoms with E-state index in [0.29, 0.717) is 11.5 Å². The van der Waals surface area contributed by atoms with Gasteiger partial charge in [-0.05, 0) is 12.1 Å². The molecule has 7 heteroatoms. The van der Waals surface area contributed by atoms with Crippen molar-refractivity contribution in [1.82, 2.24) is 14.2 Å². The highest BCUT2D eigenvalue weighted by atomic mass is 32.1. The fourth-order valence-electron chi connectivity index (χ4n) is 1.78. The highest BCUT2D eigenvalue weighted by Crippen LogP contribution is 2.36. The summed E-state index contributed by atoms with van der Waals surface area (Å²) in [5.41, 5.74) is 4.24. The van der Waals surface area contributed by atoms with Crippen LogP contribution in [0, 0.1) is 0 Å². The molecule has 0 saturated carbocycles. The fourth-order valence-corrected chi connectivity index (χ4v) is 2.23. The minimum Gasteiger partial charge on any atom is -0.496 e. The topological polar surface area (TPSA) is 82.3 Å². The number of nitrogens with one attached hydrogen (secondary N) is 1. The summed E-state index contributed by atoms with van der Waals surface area (Å²) in [5, 5.41) is 0. The maximum atomic E-state index is 5.62. The molecular weight excluding hydrogens is 252 g/mol. The summed E-state index contributed by atoms with van der Waals surface area (Å²) in [6.07, 6.45) is 1.67. The van der Waals surface area contributed by atoms with E-state index >= 15 is 0 Å². The minimum absolute atomic E-state index is 0.324. The van der Waals surface area contributed by atoms with Crippen LogP contribution < -0.4 is 20.7 Å². The summed E-state index contributed by atoms with van der Waals surface area (Å²) in [5.74, 6) is 6.99. The quantitative estimate of drug-likeness (QED) is 0.623. The molecule has 3 N–H and O–H groups in total. The molecule has 0 bridgehead atoms. The molecule has 1 atom stereocenters. The number of methoxy groups -OCH3 is 2. The summed E-state index contributed by atoms with van der Waals surface area (Å²) in [6.45, 7) is 0. The van der Waals surface area contributed by atoms with Gasteiger partial charge in [-0.2, -0.15) is 8.75 Å². The van der Waals surface area contributed by atoms with Gasteiger partial charge in [-0.3, -0.25) is 5.84 Å². The van der Waals surface area contributed by atoms with E-state index in [9.17, 15) is 0 Å². The van der Waals surface area contributed by atoms with Gasteiger partial charge in [0.15, 0.2) is 0 Å². The monoisotopic (exact) mass is 266 g/mol. The number of aromatic nitrogens is 2. The summed E-state index contributed by atoms with van der Waals surface area (Å²) < 4.78 is 18.9. The number of nitrogens with two attached hydrogens (primary N) is 1. The molecule has 1 aromatic carbocycles. The lowest BCUT2D eigenvalue weighted by atomic mass is 10.0. The zero-order valence-corrected chi connectivity index (χ0v) is 10.9. The highest BCUT2D eigenvalue weighted by Gasteiger charge is 2.23. The van der Waals surface area contributed by atoms with Crippen LogP contribution in [0.1, 0.15) is 17.3 Å². The van der Waals surface area contributed by atoms with Gasteiger partial charge in [0.25, 0.3) is 0 Å². The molecule has 0 aliphatic rings. The van der Waals surface area contributed by atoms with Crippen molar-refractivity contribution in [2.75, 3.05) is 14.2 Å². The summed E-state index contributed by atoms with van der Waals surface area (Å²) in [4.78, 5) is 0. The second-order valence-corrected chi connectivity index (χ2v) is 4.06. The molecule has 1 heterocycles. The van der Waals surface area contributed by atoms with Gasteiger partial charge in [0.05, 0.1) is 49.4 Å². The Morgan fingerprint density at radius 3 is 2.39 bits per heavy atom. The molecule has 0 fully saturated rings. The van der Waals surface area contributed by atoms with Gasteiger partial charge in [0.2, 0.25) is 0 Å². The lowest BCUT2D eigenvalue weighted by molar-refractivity contribution is 0.376. The number of hydrogen-bond donors (Lipinski definition) is 2. The van der Waals surface area contributed by atoms with Crippen LogP contribution in [0.15, 0.2) is 24.4 Å². The number of hydrazine groups is 1. The van der Waals surface area contributed by atoms with Crippen LogP contribution in [0.25, 0.3) is 0 Å². The van der Waals surface area contributed by atoms with E-state index in [1.165, 1.54) is 0 Å². The van der Waals surface area contributed by atoms with Crippen molar-refractivity contribution in [3.8, 4) is 11.5 Å². The van der Waals surface area contributed by atoms with Gasteiger partial charge in [0, 0.05) is 0 Å². The molecular formula is C11H14N4O2S. The Balaban J connectivity index is 2.53. The standard InChI is InChI=1S/C11H14N4O2S/c1-16-8-4-3-5-9(17-2)10(8)11(14-12)7-6-13-18-15-7/h3-6,11,14H,12H2,1-2H3. The van der Waals surface area contributed by atoms with Crippen molar-refractivity contribution in [2.24, 2.45) is 5.84 Å². The van der Waals surface area contributed by atoms with Crippen LogP contribution in [0.3, 0.4) is 0 Å². The first-order valence-corrected chi connectivity index (χ1v) is 5.99. The molecule has 1 unspecified atom stereocenters. The SMILES string of the molecule is COc1cccc(OC)c1C(NN)c1cnsn1. The fraction of sp³-hybridized carbons (Fsp3) is 0.273. The summed E-state index contributed by atoms with van der Waals surface area (Å²) >= 11 is 1.13. The Bertz CT molecular complexity index is 481. The number of benzene rings is 1. The number of nitrogens with zero attached hydrogens (tertiary/aromatic N) is 2. The first-order chi connectivity index (χ1) is 8.81. The molecule has 1 aromatic heterocycles. The molecule has 2 rings (SSSR count). The van der Waals surface area contributed by atoms with E-state index in [0.717, 1.165) is 23.0 Å². The van der Waals surface area contributed by atoms with Crippen molar-refractivity contribution in [2.45, 2.75) is 6.04 Å². The predicted octanol–water partition coefficient (Wildman–Crippen LogP) is 1.11. The Kier molecular flexibility index (Phi) is 4.08. The van der Waals surface area contributed by atoms with Gasteiger partial charge >= 0.3 is 0 Å². The summed E-state index contributed by atoms with van der Waals surface area (Å²) in [6, 6.07) is 5.23. The average molecular weight is 266 g/mol. The van der Waals surface area contributed by atoms with E-state index in [1.807, 2.05) is 18.2 Å². The Morgan fingerprint density at radius 2 is 1.94 bits per heavy atom. The highest BCUT2D eigenvalue weighted by molar-refractivity contribution is 6.99. The van der Waals surface area contributed by atoms with Gasteiger partial charge in [-0.25, -0.2) is 5.43 Å².